The zero-order valence-electron chi connectivity index (χ0n) is 11.9. The highest BCUT2D eigenvalue weighted by Gasteiger charge is 2.18. The number of benzene rings is 1. The predicted octanol–water partition coefficient (Wildman–Crippen LogP) is 2.15. The molecule has 2 rings (SSSR count). The molecule has 0 aliphatic carbocycles. The lowest BCUT2D eigenvalue weighted by Gasteiger charge is -2.31. The van der Waals surface area contributed by atoms with E-state index in [1.807, 2.05) is 24.3 Å². The van der Waals surface area contributed by atoms with E-state index in [9.17, 15) is 4.79 Å². The van der Waals surface area contributed by atoms with Crippen LogP contribution in [-0.4, -0.2) is 36.5 Å². The fourth-order valence-electron chi connectivity index (χ4n) is 2.45. The van der Waals surface area contributed by atoms with E-state index in [1.165, 1.54) is 6.92 Å². The van der Waals surface area contributed by atoms with E-state index < -0.39 is 0 Å². The molecule has 0 atom stereocenters. The van der Waals surface area contributed by atoms with E-state index in [-0.39, 0.29) is 5.91 Å². The van der Waals surface area contributed by atoms with E-state index in [4.69, 9.17) is 6.42 Å². The number of rotatable bonds is 4. The van der Waals surface area contributed by atoms with Gasteiger partial charge in [-0.25, -0.2) is 0 Å². The molecule has 1 aromatic carbocycles. The molecule has 0 spiro atoms. The van der Waals surface area contributed by atoms with Crippen LogP contribution in [-0.2, 0) is 4.79 Å². The highest BCUT2D eigenvalue weighted by molar-refractivity contribution is 5.88. The average Bonchev–Trinajstić information content (AvgIpc) is 2.43. The van der Waals surface area contributed by atoms with Crippen molar-refractivity contribution in [2.24, 2.45) is 0 Å². The molecule has 1 aliphatic rings. The summed E-state index contributed by atoms with van der Waals surface area (Å²) in [6.07, 6.45) is 7.54. The van der Waals surface area contributed by atoms with E-state index in [0.717, 1.165) is 43.9 Å². The lowest BCUT2D eigenvalue weighted by molar-refractivity contribution is -0.114. The first-order chi connectivity index (χ1) is 9.67. The lowest BCUT2D eigenvalue weighted by atomic mass is 10.0. The number of piperidine rings is 1. The third kappa shape index (κ3) is 4.29. The average molecular weight is 271 g/mol. The number of carbonyl (C=O) groups excluding carboxylic acids is 1. The summed E-state index contributed by atoms with van der Waals surface area (Å²) >= 11 is 0. The Labute approximate surface area is 120 Å². The van der Waals surface area contributed by atoms with Crippen molar-refractivity contribution >= 4 is 17.3 Å². The standard InChI is InChI=1S/C16H21N3O/c1-3-10-19-11-8-16(9-12-19)18-15-6-4-14(5-7-15)17-13(2)20/h1,4-7,16,18H,8-12H2,2H3,(H,17,20). The van der Waals surface area contributed by atoms with Gasteiger partial charge in [0.1, 0.15) is 0 Å². The topological polar surface area (TPSA) is 44.4 Å². The Morgan fingerprint density at radius 1 is 1.30 bits per heavy atom. The quantitative estimate of drug-likeness (QED) is 0.825. The summed E-state index contributed by atoms with van der Waals surface area (Å²) in [4.78, 5) is 13.3. The van der Waals surface area contributed by atoms with Gasteiger partial charge in [0.2, 0.25) is 5.91 Å². The molecule has 4 heteroatoms. The molecule has 20 heavy (non-hydrogen) atoms. The van der Waals surface area contributed by atoms with Crippen molar-refractivity contribution in [1.29, 1.82) is 0 Å². The zero-order chi connectivity index (χ0) is 14.4. The summed E-state index contributed by atoms with van der Waals surface area (Å²) < 4.78 is 0. The molecule has 0 saturated carbocycles. The maximum Gasteiger partial charge on any atom is 0.221 e. The Morgan fingerprint density at radius 2 is 1.90 bits per heavy atom. The summed E-state index contributed by atoms with van der Waals surface area (Å²) in [6.45, 7) is 4.35. The van der Waals surface area contributed by atoms with Crippen molar-refractivity contribution in [3.63, 3.8) is 0 Å². The maximum atomic E-state index is 11.0. The molecular formula is C16H21N3O. The maximum absolute atomic E-state index is 11.0. The van der Waals surface area contributed by atoms with Crippen LogP contribution in [0, 0.1) is 12.3 Å². The molecule has 1 amide bonds. The van der Waals surface area contributed by atoms with Crippen LogP contribution in [0.1, 0.15) is 19.8 Å². The first-order valence-corrected chi connectivity index (χ1v) is 6.97. The Kier molecular flexibility index (Phi) is 5.03. The molecule has 1 heterocycles. The van der Waals surface area contributed by atoms with E-state index in [0.29, 0.717) is 6.04 Å². The number of nitrogens with one attached hydrogen (secondary N) is 2. The van der Waals surface area contributed by atoms with Crippen LogP contribution in [0.2, 0.25) is 0 Å². The van der Waals surface area contributed by atoms with Crippen LogP contribution >= 0.6 is 0 Å². The fraction of sp³-hybridized carbons (Fsp3) is 0.438. The zero-order valence-corrected chi connectivity index (χ0v) is 11.9. The summed E-state index contributed by atoms with van der Waals surface area (Å²) in [5.74, 6) is 2.65. The molecule has 2 N–H and O–H groups in total. The lowest BCUT2D eigenvalue weighted by Crippen LogP contribution is -2.39. The monoisotopic (exact) mass is 271 g/mol. The molecule has 0 aromatic heterocycles. The number of hydrogen-bond donors (Lipinski definition) is 2. The molecular weight excluding hydrogens is 250 g/mol. The second-order valence-corrected chi connectivity index (χ2v) is 5.16. The number of likely N-dealkylation sites (tertiary alicyclic amines) is 1. The van der Waals surface area contributed by atoms with Crippen molar-refractivity contribution in [2.75, 3.05) is 30.3 Å². The summed E-state index contributed by atoms with van der Waals surface area (Å²) in [6, 6.07) is 8.32. The van der Waals surface area contributed by atoms with Gasteiger partial charge in [-0.05, 0) is 37.1 Å². The molecule has 0 bridgehead atoms. The molecule has 1 fully saturated rings. The smallest absolute Gasteiger partial charge is 0.221 e. The minimum atomic E-state index is -0.0494. The van der Waals surface area contributed by atoms with Gasteiger partial charge in [0.15, 0.2) is 0 Å². The summed E-state index contributed by atoms with van der Waals surface area (Å²) in [5.41, 5.74) is 1.92. The SMILES string of the molecule is C#CCN1CCC(Nc2ccc(NC(C)=O)cc2)CC1. The normalized spacial score (nSPS) is 16.4. The van der Waals surface area contributed by atoms with Crippen molar-refractivity contribution in [2.45, 2.75) is 25.8 Å². The second kappa shape index (κ2) is 6.97. The van der Waals surface area contributed by atoms with Gasteiger partial charge in [0, 0.05) is 37.4 Å². The van der Waals surface area contributed by atoms with Crippen LogP contribution in [0.25, 0.3) is 0 Å². The first-order valence-electron chi connectivity index (χ1n) is 6.97. The fourth-order valence-corrected chi connectivity index (χ4v) is 2.45. The molecule has 0 unspecified atom stereocenters. The van der Waals surface area contributed by atoms with Crippen LogP contribution in [0.5, 0.6) is 0 Å². The molecule has 1 aliphatic heterocycles. The second-order valence-electron chi connectivity index (χ2n) is 5.16. The molecule has 4 nitrogen and oxygen atoms in total. The number of terminal acetylenes is 1. The summed E-state index contributed by atoms with van der Waals surface area (Å²) in [5, 5.41) is 6.30. The van der Waals surface area contributed by atoms with Gasteiger partial charge in [-0.1, -0.05) is 5.92 Å². The van der Waals surface area contributed by atoms with Crippen LogP contribution in [0.15, 0.2) is 24.3 Å². The number of hydrogen-bond acceptors (Lipinski definition) is 3. The first kappa shape index (κ1) is 14.4. The van der Waals surface area contributed by atoms with Crippen LogP contribution in [0.4, 0.5) is 11.4 Å². The van der Waals surface area contributed by atoms with Gasteiger partial charge < -0.3 is 10.6 Å². The Balaban J connectivity index is 1.82. The highest BCUT2D eigenvalue weighted by Crippen LogP contribution is 2.18. The number of anilines is 2. The Morgan fingerprint density at radius 3 is 2.45 bits per heavy atom. The minimum Gasteiger partial charge on any atom is -0.382 e. The van der Waals surface area contributed by atoms with E-state index in [1.54, 1.807) is 0 Å². The van der Waals surface area contributed by atoms with Gasteiger partial charge in [-0.2, -0.15) is 0 Å². The molecule has 106 valence electrons. The van der Waals surface area contributed by atoms with Gasteiger partial charge >= 0.3 is 0 Å². The van der Waals surface area contributed by atoms with Gasteiger partial charge in [-0.15, -0.1) is 6.42 Å². The van der Waals surface area contributed by atoms with E-state index >= 15 is 0 Å². The van der Waals surface area contributed by atoms with Crippen LogP contribution < -0.4 is 10.6 Å². The Hall–Kier alpha value is -1.99. The summed E-state index contributed by atoms with van der Waals surface area (Å²) in [7, 11) is 0. The Bertz CT molecular complexity index is 481. The molecule has 1 saturated heterocycles. The molecule has 1 aromatic rings. The van der Waals surface area contributed by atoms with Crippen molar-refractivity contribution < 1.29 is 4.79 Å². The van der Waals surface area contributed by atoms with Crippen molar-refractivity contribution in [1.82, 2.24) is 4.90 Å². The van der Waals surface area contributed by atoms with Crippen molar-refractivity contribution in [3.05, 3.63) is 24.3 Å². The number of carbonyl (C=O) groups is 1. The largest absolute Gasteiger partial charge is 0.382 e. The number of nitrogens with zero attached hydrogens (tertiary/aromatic N) is 1. The third-order valence-corrected chi connectivity index (χ3v) is 3.48. The number of amides is 1. The van der Waals surface area contributed by atoms with Gasteiger partial charge in [-0.3, -0.25) is 9.69 Å². The third-order valence-electron chi connectivity index (χ3n) is 3.48. The highest BCUT2D eigenvalue weighted by atomic mass is 16.1. The minimum absolute atomic E-state index is 0.0494. The van der Waals surface area contributed by atoms with Gasteiger partial charge in [0.05, 0.1) is 6.54 Å². The van der Waals surface area contributed by atoms with Crippen molar-refractivity contribution in [3.8, 4) is 12.3 Å². The molecule has 0 radical (unpaired) electrons. The van der Waals surface area contributed by atoms with Crippen LogP contribution in [0.3, 0.4) is 0 Å². The predicted molar refractivity (Wildman–Crippen MR) is 82.7 cm³/mol. The van der Waals surface area contributed by atoms with E-state index in [2.05, 4.69) is 21.5 Å². The van der Waals surface area contributed by atoms with Gasteiger partial charge in [0.25, 0.3) is 0 Å².